The second kappa shape index (κ2) is 6.42. The zero-order valence-corrected chi connectivity index (χ0v) is 10.6. The van der Waals surface area contributed by atoms with Crippen LogP contribution >= 0.6 is 12.4 Å². The molecule has 2 aliphatic rings. The minimum atomic E-state index is 0. The molecular weight excluding hydrogens is 228 g/mol. The highest BCUT2D eigenvalue weighted by atomic mass is 35.5. The van der Waals surface area contributed by atoms with Crippen molar-refractivity contribution in [3.05, 3.63) is 0 Å². The highest BCUT2D eigenvalue weighted by molar-refractivity contribution is 5.85. The number of carbonyl (C=O) groups excluding carboxylic acids is 1. The summed E-state index contributed by atoms with van der Waals surface area (Å²) in [6, 6.07) is 0.0700. The van der Waals surface area contributed by atoms with Crippen LogP contribution in [0.3, 0.4) is 0 Å². The third-order valence-electron chi connectivity index (χ3n) is 3.26. The molecule has 2 rings (SSSR count). The summed E-state index contributed by atoms with van der Waals surface area (Å²) in [5.41, 5.74) is 0. The quantitative estimate of drug-likeness (QED) is 0.786. The maximum atomic E-state index is 12.1. The zero-order valence-electron chi connectivity index (χ0n) is 9.78. The second-order valence-corrected chi connectivity index (χ2v) is 4.33. The summed E-state index contributed by atoms with van der Waals surface area (Å²) in [4.78, 5) is 14.0. The summed E-state index contributed by atoms with van der Waals surface area (Å²) in [7, 11) is 0. The van der Waals surface area contributed by atoms with Gasteiger partial charge in [0.2, 0.25) is 5.91 Å². The molecule has 1 N–H and O–H groups in total. The summed E-state index contributed by atoms with van der Waals surface area (Å²) in [5.74, 6) is 0.272. The van der Waals surface area contributed by atoms with E-state index in [0.29, 0.717) is 6.61 Å². The average molecular weight is 249 g/mol. The fourth-order valence-corrected chi connectivity index (χ4v) is 2.28. The lowest BCUT2D eigenvalue weighted by molar-refractivity contribution is -0.140. The summed E-state index contributed by atoms with van der Waals surface area (Å²) in [6.45, 7) is 5.31. The molecule has 0 bridgehead atoms. The Morgan fingerprint density at radius 3 is 3.00 bits per heavy atom. The molecule has 1 amide bonds. The zero-order chi connectivity index (χ0) is 10.7. The van der Waals surface area contributed by atoms with Gasteiger partial charge < -0.3 is 15.0 Å². The van der Waals surface area contributed by atoms with E-state index in [2.05, 4.69) is 12.2 Å². The van der Waals surface area contributed by atoms with E-state index in [4.69, 9.17) is 4.74 Å². The SMILES string of the molecule is CCC1CN(C(=O)C2CCCN2)CCO1.Cl. The molecule has 0 aromatic heterocycles. The van der Waals surface area contributed by atoms with Crippen LogP contribution in [0.5, 0.6) is 0 Å². The van der Waals surface area contributed by atoms with E-state index in [9.17, 15) is 4.79 Å². The topological polar surface area (TPSA) is 41.6 Å². The average Bonchev–Trinajstić information content (AvgIpc) is 2.81. The highest BCUT2D eigenvalue weighted by Gasteiger charge is 2.30. The minimum absolute atomic E-state index is 0. The van der Waals surface area contributed by atoms with E-state index >= 15 is 0 Å². The van der Waals surface area contributed by atoms with Gasteiger partial charge in [-0.2, -0.15) is 0 Å². The lowest BCUT2D eigenvalue weighted by atomic mass is 10.1. The maximum absolute atomic E-state index is 12.1. The van der Waals surface area contributed by atoms with Crippen molar-refractivity contribution >= 4 is 18.3 Å². The summed E-state index contributed by atoms with van der Waals surface area (Å²) < 4.78 is 5.56. The molecule has 0 aromatic carbocycles. The fraction of sp³-hybridized carbons (Fsp3) is 0.909. The van der Waals surface area contributed by atoms with Crippen LogP contribution in [0.15, 0.2) is 0 Å². The summed E-state index contributed by atoms with van der Waals surface area (Å²) >= 11 is 0. The first-order valence-corrected chi connectivity index (χ1v) is 5.95. The Morgan fingerprint density at radius 1 is 1.56 bits per heavy atom. The van der Waals surface area contributed by atoms with Crippen LogP contribution in [-0.4, -0.2) is 49.2 Å². The van der Waals surface area contributed by atoms with Gasteiger partial charge in [-0.3, -0.25) is 4.79 Å². The number of ether oxygens (including phenoxy) is 1. The Balaban J connectivity index is 0.00000128. The third kappa shape index (κ3) is 3.09. The minimum Gasteiger partial charge on any atom is -0.375 e. The van der Waals surface area contributed by atoms with Crippen molar-refractivity contribution in [2.45, 2.75) is 38.3 Å². The van der Waals surface area contributed by atoms with Gasteiger partial charge in [0.15, 0.2) is 0 Å². The number of nitrogens with one attached hydrogen (secondary N) is 1. The smallest absolute Gasteiger partial charge is 0.239 e. The van der Waals surface area contributed by atoms with Gasteiger partial charge in [-0.15, -0.1) is 12.4 Å². The van der Waals surface area contributed by atoms with Gasteiger partial charge in [-0.25, -0.2) is 0 Å². The van der Waals surface area contributed by atoms with Crippen LogP contribution < -0.4 is 5.32 Å². The number of nitrogens with zero attached hydrogens (tertiary/aromatic N) is 1. The van der Waals surface area contributed by atoms with Gasteiger partial charge in [-0.1, -0.05) is 6.92 Å². The molecule has 4 nitrogen and oxygen atoms in total. The molecule has 16 heavy (non-hydrogen) atoms. The van der Waals surface area contributed by atoms with Crippen LogP contribution in [-0.2, 0) is 9.53 Å². The first-order chi connectivity index (χ1) is 7.31. The van der Waals surface area contributed by atoms with Gasteiger partial charge in [0, 0.05) is 13.1 Å². The first kappa shape index (κ1) is 13.7. The maximum Gasteiger partial charge on any atom is 0.239 e. The molecule has 0 aliphatic carbocycles. The Labute approximate surface area is 103 Å². The number of morpholine rings is 1. The molecule has 5 heteroatoms. The van der Waals surface area contributed by atoms with Crippen LogP contribution in [0.1, 0.15) is 26.2 Å². The van der Waals surface area contributed by atoms with Gasteiger partial charge >= 0.3 is 0 Å². The van der Waals surface area contributed by atoms with Crippen LogP contribution in [0, 0.1) is 0 Å². The molecule has 0 saturated carbocycles. The van der Waals surface area contributed by atoms with E-state index < -0.39 is 0 Å². The molecule has 0 spiro atoms. The van der Waals surface area contributed by atoms with E-state index in [0.717, 1.165) is 38.9 Å². The molecule has 2 atom stereocenters. The van der Waals surface area contributed by atoms with Crippen LogP contribution in [0.2, 0.25) is 0 Å². The Morgan fingerprint density at radius 2 is 2.38 bits per heavy atom. The van der Waals surface area contributed by atoms with Crippen molar-refractivity contribution in [1.29, 1.82) is 0 Å². The molecule has 0 radical (unpaired) electrons. The van der Waals surface area contributed by atoms with Gasteiger partial charge in [0.25, 0.3) is 0 Å². The molecule has 94 valence electrons. The number of carbonyl (C=O) groups is 1. The van der Waals surface area contributed by atoms with Crippen molar-refractivity contribution < 1.29 is 9.53 Å². The lowest BCUT2D eigenvalue weighted by Crippen LogP contribution is -2.51. The van der Waals surface area contributed by atoms with Crippen LogP contribution in [0.25, 0.3) is 0 Å². The second-order valence-electron chi connectivity index (χ2n) is 4.33. The standard InChI is InChI=1S/C11H20N2O2.ClH/c1-2-9-8-13(6-7-15-9)11(14)10-4-3-5-12-10;/h9-10,12H,2-8H2,1H3;1H. The Hall–Kier alpha value is -0.320. The van der Waals surface area contributed by atoms with Crippen molar-refractivity contribution in [1.82, 2.24) is 10.2 Å². The number of hydrogen-bond donors (Lipinski definition) is 1. The molecule has 2 saturated heterocycles. The van der Waals surface area contributed by atoms with E-state index in [1.807, 2.05) is 4.90 Å². The van der Waals surface area contributed by atoms with Crippen LogP contribution in [0.4, 0.5) is 0 Å². The number of rotatable bonds is 2. The lowest BCUT2D eigenvalue weighted by Gasteiger charge is -2.34. The van der Waals surface area contributed by atoms with Crippen molar-refractivity contribution in [2.24, 2.45) is 0 Å². The summed E-state index contributed by atoms with van der Waals surface area (Å²) in [6.07, 6.45) is 3.34. The molecule has 2 heterocycles. The Kier molecular flexibility index (Phi) is 5.52. The third-order valence-corrected chi connectivity index (χ3v) is 3.26. The molecule has 2 aliphatic heterocycles. The molecule has 2 unspecified atom stereocenters. The predicted octanol–water partition coefficient (Wildman–Crippen LogP) is 0.798. The van der Waals surface area contributed by atoms with Gasteiger partial charge in [0.1, 0.15) is 0 Å². The van der Waals surface area contributed by atoms with Crippen molar-refractivity contribution in [3.8, 4) is 0 Å². The largest absolute Gasteiger partial charge is 0.375 e. The predicted molar refractivity (Wildman–Crippen MR) is 64.9 cm³/mol. The number of amides is 1. The van der Waals surface area contributed by atoms with E-state index in [1.54, 1.807) is 0 Å². The molecular formula is C11H21ClN2O2. The highest BCUT2D eigenvalue weighted by Crippen LogP contribution is 2.13. The van der Waals surface area contributed by atoms with Gasteiger partial charge in [-0.05, 0) is 25.8 Å². The first-order valence-electron chi connectivity index (χ1n) is 5.95. The monoisotopic (exact) mass is 248 g/mol. The Bertz CT molecular complexity index is 232. The van der Waals surface area contributed by atoms with E-state index in [1.165, 1.54) is 0 Å². The van der Waals surface area contributed by atoms with Gasteiger partial charge in [0.05, 0.1) is 18.8 Å². The number of halogens is 1. The summed E-state index contributed by atoms with van der Waals surface area (Å²) in [5, 5.41) is 3.25. The molecule has 2 fully saturated rings. The van der Waals surface area contributed by atoms with E-state index in [-0.39, 0.29) is 30.5 Å². The van der Waals surface area contributed by atoms with Crippen molar-refractivity contribution in [2.75, 3.05) is 26.2 Å². The normalized spacial score (nSPS) is 29.9. The van der Waals surface area contributed by atoms with Crippen molar-refractivity contribution in [3.63, 3.8) is 0 Å². The molecule has 0 aromatic rings. The fourth-order valence-electron chi connectivity index (χ4n) is 2.28. The number of hydrogen-bond acceptors (Lipinski definition) is 3.